The second kappa shape index (κ2) is 8.01. The predicted octanol–water partition coefficient (Wildman–Crippen LogP) is 2.65. The summed E-state index contributed by atoms with van der Waals surface area (Å²) in [4.78, 5) is 27.0. The molecule has 6 nitrogen and oxygen atoms in total. The zero-order valence-electron chi connectivity index (χ0n) is 14.6. The maximum Gasteiger partial charge on any atom is 0.329 e. The van der Waals surface area contributed by atoms with Gasteiger partial charge in [0, 0.05) is 30.9 Å². The van der Waals surface area contributed by atoms with Crippen molar-refractivity contribution in [3.8, 4) is 0 Å². The molecular formula is C20H23N3O3. The summed E-state index contributed by atoms with van der Waals surface area (Å²) >= 11 is 0. The van der Waals surface area contributed by atoms with Gasteiger partial charge in [-0.2, -0.15) is 0 Å². The molecule has 0 atom stereocenters. The largest absolute Gasteiger partial charge is 0.481 e. The number of carboxylic acids is 1. The summed E-state index contributed by atoms with van der Waals surface area (Å²) in [5.41, 5.74) is 9.41. The molecule has 1 fully saturated rings. The lowest BCUT2D eigenvalue weighted by atomic mass is 10.1. The molecule has 0 aromatic heterocycles. The third-order valence-electron chi connectivity index (χ3n) is 4.54. The lowest BCUT2D eigenvalue weighted by molar-refractivity contribution is -0.136. The Bertz CT molecular complexity index is 789. The molecule has 0 aliphatic carbocycles. The summed E-state index contributed by atoms with van der Waals surface area (Å²) in [6, 6.07) is 15.4. The number of aliphatic carboxylic acids is 1. The Balaban J connectivity index is 1.70. The SMILES string of the molecule is NCCc1cccc(N2CCN(c3ccc(CCC(=O)O)cc3)C2=O)c1. The highest BCUT2D eigenvalue weighted by Crippen LogP contribution is 2.26. The fourth-order valence-electron chi connectivity index (χ4n) is 3.16. The Hall–Kier alpha value is -2.86. The summed E-state index contributed by atoms with van der Waals surface area (Å²) in [5, 5.41) is 8.76. The van der Waals surface area contributed by atoms with Crippen molar-refractivity contribution in [2.45, 2.75) is 19.3 Å². The standard InChI is InChI=1S/C20H23N3O3/c21-11-10-16-2-1-3-18(14-16)23-13-12-22(20(23)26)17-7-4-15(5-8-17)6-9-19(24)25/h1-5,7-8,14H,6,9-13,21H2,(H,24,25). The summed E-state index contributed by atoms with van der Waals surface area (Å²) in [7, 11) is 0. The molecule has 0 saturated carbocycles. The van der Waals surface area contributed by atoms with Crippen molar-refractivity contribution in [2.24, 2.45) is 5.73 Å². The van der Waals surface area contributed by atoms with Gasteiger partial charge in [-0.3, -0.25) is 14.6 Å². The Morgan fingerprint density at radius 2 is 1.65 bits per heavy atom. The number of nitrogens with zero attached hydrogens (tertiary/aromatic N) is 2. The van der Waals surface area contributed by atoms with E-state index in [-0.39, 0.29) is 12.5 Å². The first-order valence-corrected chi connectivity index (χ1v) is 8.77. The van der Waals surface area contributed by atoms with Crippen LogP contribution in [0, 0.1) is 0 Å². The van der Waals surface area contributed by atoms with Gasteiger partial charge in [0.15, 0.2) is 0 Å². The minimum Gasteiger partial charge on any atom is -0.481 e. The monoisotopic (exact) mass is 353 g/mol. The smallest absolute Gasteiger partial charge is 0.329 e. The molecule has 3 N–H and O–H groups in total. The number of urea groups is 1. The number of carbonyl (C=O) groups excluding carboxylic acids is 1. The molecule has 2 amide bonds. The van der Waals surface area contributed by atoms with Crippen molar-refractivity contribution < 1.29 is 14.7 Å². The molecule has 26 heavy (non-hydrogen) atoms. The molecule has 0 unspecified atom stereocenters. The van der Waals surface area contributed by atoms with Gasteiger partial charge in [-0.15, -0.1) is 0 Å². The van der Waals surface area contributed by atoms with Crippen molar-refractivity contribution in [2.75, 3.05) is 29.4 Å². The van der Waals surface area contributed by atoms with E-state index >= 15 is 0 Å². The van der Waals surface area contributed by atoms with E-state index in [1.807, 2.05) is 48.5 Å². The lowest BCUT2D eigenvalue weighted by Crippen LogP contribution is -2.31. The molecule has 0 spiro atoms. The van der Waals surface area contributed by atoms with Crippen LogP contribution < -0.4 is 15.5 Å². The fraction of sp³-hybridized carbons (Fsp3) is 0.300. The van der Waals surface area contributed by atoms with E-state index < -0.39 is 5.97 Å². The zero-order valence-corrected chi connectivity index (χ0v) is 14.6. The fourth-order valence-corrected chi connectivity index (χ4v) is 3.16. The Morgan fingerprint density at radius 3 is 2.31 bits per heavy atom. The average Bonchev–Trinajstić information content (AvgIpc) is 3.02. The van der Waals surface area contributed by atoms with Gasteiger partial charge in [0.05, 0.1) is 0 Å². The third kappa shape index (κ3) is 4.03. The topological polar surface area (TPSA) is 86.9 Å². The van der Waals surface area contributed by atoms with Crippen molar-refractivity contribution in [1.82, 2.24) is 0 Å². The number of carbonyl (C=O) groups is 2. The van der Waals surface area contributed by atoms with Crippen LogP contribution in [0.15, 0.2) is 48.5 Å². The van der Waals surface area contributed by atoms with E-state index in [1.54, 1.807) is 9.80 Å². The van der Waals surface area contributed by atoms with Crippen LogP contribution in [0.25, 0.3) is 0 Å². The van der Waals surface area contributed by atoms with Gasteiger partial charge in [-0.1, -0.05) is 24.3 Å². The number of hydrogen-bond donors (Lipinski definition) is 2. The number of anilines is 2. The van der Waals surface area contributed by atoms with Crippen LogP contribution in [0.2, 0.25) is 0 Å². The molecule has 1 saturated heterocycles. The van der Waals surface area contributed by atoms with Crippen LogP contribution in [0.4, 0.5) is 16.2 Å². The van der Waals surface area contributed by atoms with Crippen molar-refractivity contribution in [3.63, 3.8) is 0 Å². The van der Waals surface area contributed by atoms with Crippen LogP contribution in [0.1, 0.15) is 17.5 Å². The number of amides is 2. The van der Waals surface area contributed by atoms with E-state index in [2.05, 4.69) is 0 Å². The van der Waals surface area contributed by atoms with E-state index in [1.165, 1.54) is 0 Å². The van der Waals surface area contributed by atoms with Gasteiger partial charge in [-0.05, 0) is 54.8 Å². The molecule has 3 rings (SSSR count). The number of hydrogen-bond acceptors (Lipinski definition) is 3. The second-order valence-electron chi connectivity index (χ2n) is 6.35. The van der Waals surface area contributed by atoms with Crippen LogP contribution in [-0.2, 0) is 17.6 Å². The number of aryl methyl sites for hydroxylation is 1. The maximum atomic E-state index is 12.8. The molecule has 6 heteroatoms. The Labute approximate surface area is 152 Å². The molecule has 2 aromatic rings. The van der Waals surface area contributed by atoms with Gasteiger partial charge in [0.1, 0.15) is 0 Å². The van der Waals surface area contributed by atoms with E-state index in [4.69, 9.17) is 10.8 Å². The van der Waals surface area contributed by atoms with Crippen molar-refractivity contribution in [1.29, 1.82) is 0 Å². The summed E-state index contributed by atoms with van der Waals surface area (Å²) in [6.07, 6.45) is 1.38. The van der Waals surface area contributed by atoms with E-state index in [0.717, 1.165) is 28.9 Å². The molecule has 0 bridgehead atoms. The second-order valence-corrected chi connectivity index (χ2v) is 6.35. The minimum atomic E-state index is -0.809. The van der Waals surface area contributed by atoms with Crippen LogP contribution >= 0.6 is 0 Å². The number of nitrogens with two attached hydrogens (primary N) is 1. The molecule has 1 aliphatic rings. The number of carboxylic acid groups (broad SMARTS) is 1. The third-order valence-corrected chi connectivity index (χ3v) is 4.54. The summed E-state index contributed by atoms with van der Waals surface area (Å²) < 4.78 is 0. The van der Waals surface area contributed by atoms with E-state index in [0.29, 0.717) is 26.1 Å². The molecular weight excluding hydrogens is 330 g/mol. The van der Waals surface area contributed by atoms with Crippen molar-refractivity contribution in [3.05, 3.63) is 59.7 Å². The van der Waals surface area contributed by atoms with Crippen LogP contribution in [-0.4, -0.2) is 36.7 Å². The minimum absolute atomic E-state index is 0.0480. The van der Waals surface area contributed by atoms with Gasteiger partial charge < -0.3 is 10.8 Å². The van der Waals surface area contributed by atoms with E-state index in [9.17, 15) is 9.59 Å². The average molecular weight is 353 g/mol. The zero-order chi connectivity index (χ0) is 18.5. The van der Waals surface area contributed by atoms with Gasteiger partial charge in [-0.25, -0.2) is 4.79 Å². The van der Waals surface area contributed by atoms with Gasteiger partial charge in [0.25, 0.3) is 0 Å². The van der Waals surface area contributed by atoms with Crippen LogP contribution in [0.3, 0.4) is 0 Å². The highest BCUT2D eigenvalue weighted by molar-refractivity contribution is 6.06. The summed E-state index contributed by atoms with van der Waals surface area (Å²) in [5.74, 6) is -0.809. The summed E-state index contributed by atoms with van der Waals surface area (Å²) in [6.45, 7) is 1.83. The molecule has 0 radical (unpaired) electrons. The quantitative estimate of drug-likeness (QED) is 0.801. The highest BCUT2D eigenvalue weighted by Gasteiger charge is 2.30. The van der Waals surface area contributed by atoms with Gasteiger partial charge >= 0.3 is 12.0 Å². The Morgan fingerprint density at radius 1 is 0.962 bits per heavy atom. The number of benzene rings is 2. The number of rotatable bonds is 7. The molecule has 1 aliphatic heterocycles. The normalized spacial score (nSPS) is 14.1. The first-order chi connectivity index (χ1) is 12.6. The first-order valence-electron chi connectivity index (χ1n) is 8.77. The first kappa shape index (κ1) is 17.9. The lowest BCUT2D eigenvalue weighted by Gasteiger charge is -2.19. The molecule has 2 aromatic carbocycles. The predicted molar refractivity (Wildman–Crippen MR) is 102 cm³/mol. The molecule has 1 heterocycles. The molecule has 136 valence electrons. The highest BCUT2D eigenvalue weighted by atomic mass is 16.4. The maximum absolute atomic E-state index is 12.8. The van der Waals surface area contributed by atoms with Gasteiger partial charge in [0.2, 0.25) is 0 Å². The Kier molecular flexibility index (Phi) is 5.53. The van der Waals surface area contributed by atoms with Crippen molar-refractivity contribution >= 4 is 23.4 Å². The van der Waals surface area contributed by atoms with Crippen LogP contribution in [0.5, 0.6) is 0 Å².